The van der Waals surface area contributed by atoms with E-state index >= 15 is 0 Å². The quantitative estimate of drug-likeness (QED) is 0.200. The van der Waals surface area contributed by atoms with Crippen LogP contribution in [0.5, 0.6) is 0 Å². The van der Waals surface area contributed by atoms with E-state index in [4.69, 9.17) is 4.42 Å². The summed E-state index contributed by atoms with van der Waals surface area (Å²) in [4.78, 5) is 0. The number of furan rings is 1. The van der Waals surface area contributed by atoms with Crippen LogP contribution in [-0.4, -0.2) is 4.57 Å². The Morgan fingerprint density at radius 1 is 0.467 bits per heavy atom. The van der Waals surface area contributed by atoms with Crippen molar-refractivity contribution in [3.8, 4) is 27.9 Å². The molecular formula is C42H25NOS. The largest absolute Gasteiger partial charge is 0.455 e. The molecule has 0 radical (unpaired) electrons. The van der Waals surface area contributed by atoms with Gasteiger partial charge in [-0.05, 0) is 65.2 Å². The summed E-state index contributed by atoms with van der Waals surface area (Å²) in [5.74, 6) is 0. The molecule has 0 N–H and O–H groups in total. The highest BCUT2D eigenvalue weighted by molar-refractivity contribution is 7.25. The summed E-state index contributed by atoms with van der Waals surface area (Å²) >= 11 is 1.86. The molecule has 210 valence electrons. The predicted molar refractivity (Wildman–Crippen MR) is 192 cm³/mol. The number of thiophene rings is 1. The van der Waals surface area contributed by atoms with Gasteiger partial charge in [-0.15, -0.1) is 11.3 Å². The van der Waals surface area contributed by atoms with E-state index in [1.807, 2.05) is 11.3 Å². The monoisotopic (exact) mass is 591 g/mol. The lowest BCUT2D eigenvalue weighted by molar-refractivity contribution is 0.673. The number of hydrogen-bond donors (Lipinski definition) is 0. The van der Waals surface area contributed by atoms with Crippen molar-refractivity contribution in [1.29, 1.82) is 0 Å². The molecule has 10 aromatic rings. The Morgan fingerprint density at radius 3 is 2.00 bits per heavy atom. The van der Waals surface area contributed by atoms with Crippen LogP contribution in [0.4, 0.5) is 0 Å². The van der Waals surface area contributed by atoms with Crippen LogP contribution in [0, 0.1) is 0 Å². The zero-order valence-corrected chi connectivity index (χ0v) is 25.0. The van der Waals surface area contributed by atoms with Gasteiger partial charge in [-0.25, -0.2) is 0 Å². The normalized spacial score (nSPS) is 12.0. The van der Waals surface area contributed by atoms with E-state index in [1.165, 1.54) is 47.8 Å². The van der Waals surface area contributed by atoms with Gasteiger partial charge in [0.25, 0.3) is 0 Å². The van der Waals surface area contributed by atoms with E-state index in [0.717, 1.165) is 44.0 Å². The summed E-state index contributed by atoms with van der Waals surface area (Å²) in [6, 6.07) is 54.7. The highest BCUT2D eigenvalue weighted by Crippen LogP contribution is 2.46. The minimum absolute atomic E-state index is 0.911. The highest BCUT2D eigenvalue weighted by atomic mass is 32.1. The van der Waals surface area contributed by atoms with Crippen molar-refractivity contribution in [3.63, 3.8) is 0 Å². The molecule has 2 nitrogen and oxygen atoms in total. The van der Waals surface area contributed by atoms with E-state index < -0.39 is 0 Å². The maximum Gasteiger partial charge on any atom is 0.145 e. The Kier molecular flexibility index (Phi) is 5.19. The first-order valence-electron chi connectivity index (χ1n) is 15.3. The van der Waals surface area contributed by atoms with Crippen LogP contribution in [0.25, 0.3) is 91.9 Å². The van der Waals surface area contributed by atoms with Gasteiger partial charge in [-0.2, -0.15) is 0 Å². The van der Waals surface area contributed by atoms with Gasteiger partial charge in [0.05, 0.1) is 16.4 Å². The second kappa shape index (κ2) is 9.43. The predicted octanol–water partition coefficient (Wildman–Crippen LogP) is 12.4. The van der Waals surface area contributed by atoms with Crippen LogP contribution in [0.3, 0.4) is 0 Å². The number of nitrogens with zero attached hydrogens (tertiary/aromatic N) is 1. The summed E-state index contributed by atoms with van der Waals surface area (Å²) in [6.07, 6.45) is 0. The number of para-hydroxylation sites is 2. The van der Waals surface area contributed by atoms with Crippen molar-refractivity contribution >= 4 is 75.3 Å². The first kappa shape index (κ1) is 24.8. The fraction of sp³-hybridized carbons (Fsp3) is 0. The minimum atomic E-state index is 0.911. The molecule has 45 heavy (non-hydrogen) atoms. The maximum absolute atomic E-state index is 6.69. The highest BCUT2D eigenvalue weighted by Gasteiger charge is 2.23. The Hall–Kier alpha value is -5.64. The van der Waals surface area contributed by atoms with Crippen molar-refractivity contribution in [3.05, 3.63) is 152 Å². The van der Waals surface area contributed by atoms with Gasteiger partial charge in [0, 0.05) is 47.6 Å². The molecule has 0 spiro atoms. The number of rotatable bonds is 3. The Bertz CT molecular complexity index is 2740. The molecule has 3 aromatic heterocycles. The van der Waals surface area contributed by atoms with E-state index in [1.54, 1.807) is 0 Å². The number of benzene rings is 7. The summed E-state index contributed by atoms with van der Waals surface area (Å²) in [5.41, 5.74) is 10.1. The topological polar surface area (TPSA) is 18.1 Å². The van der Waals surface area contributed by atoms with Crippen molar-refractivity contribution in [2.45, 2.75) is 0 Å². The van der Waals surface area contributed by atoms with Crippen molar-refractivity contribution in [1.82, 2.24) is 4.57 Å². The van der Waals surface area contributed by atoms with Gasteiger partial charge in [-0.1, -0.05) is 103 Å². The average Bonchev–Trinajstić information content (AvgIpc) is 3.78. The fourth-order valence-electron chi connectivity index (χ4n) is 7.15. The van der Waals surface area contributed by atoms with Gasteiger partial charge in [0.2, 0.25) is 0 Å². The average molecular weight is 592 g/mol. The SMILES string of the molecule is c1ccc(-c2ccc(-n3c4ccccc4c4c5oc6ccccc6c5cc(-c5ccc6sc7ccccc7c6c5)c43)cc2)cc1. The van der Waals surface area contributed by atoms with E-state index in [-0.39, 0.29) is 0 Å². The Labute approximate surface area is 263 Å². The summed E-state index contributed by atoms with van der Waals surface area (Å²) in [7, 11) is 0. The smallest absolute Gasteiger partial charge is 0.145 e. The molecule has 0 aliphatic heterocycles. The maximum atomic E-state index is 6.69. The lowest BCUT2D eigenvalue weighted by Crippen LogP contribution is -1.96. The van der Waals surface area contributed by atoms with E-state index in [0.29, 0.717) is 0 Å². The second-order valence-corrected chi connectivity index (χ2v) is 12.8. The standard InChI is InChI=1S/C42H25NOS/c1-2-10-26(11-3-1)27-18-21-29(22-19-27)43-36-15-7-4-14-32(36)40-41(43)33(25-35-30-12-5-8-16-37(30)44-42(35)40)28-20-23-39-34(24-28)31-13-6-9-17-38(31)45-39/h1-25H. The lowest BCUT2D eigenvalue weighted by Gasteiger charge is -2.13. The number of hydrogen-bond acceptors (Lipinski definition) is 2. The molecule has 0 bridgehead atoms. The van der Waals surface area contributed by atoms with E-state index in [2.05, 4.69) is 156 Å². The minimum Gasteiger partial charge on any atom is -0.455 e. The fourth-order valence-corrected chi connectivity index (χ4v) is 8.23. The van der Waals surface area contributed by atoms with Crippen molar-refractivity contribution in [2.24, 2.45) is 0 Å². The number of fused-ring (bicyclic) bond motifs is 10. The van der Waals surface area contributed by atoms with Gasteiger partial charge in [0.15, 0.2) is 0 Å². The van der Waals surface area contributed by atoms with Gasteiger partial charge >= 0.3 is 0 Å². The lowest BCUT2D eigenvalue weighted by atomic mass is 9.97. The first-order chi connectivity index (χ1) is 22.3. The molecule has 10 rings (SSSR count). The third kappa shape index (κ3) is 3.62. The molecule has 0 aliphatic rings. The summed E-state index contributed by atoms with van der Waals surface area (Å²) < 4.78 is 11.7. The molecule has 0 amide bonds. The molecule has 3 heteroatoms. The van der Waals surface area contributed by atoms with Gasteiger partial charge in [0.1, 0.15) is 11.2 Å². The Morgan fingerprint density at radius 2 is 1.13 bits per heavy atom. The van der Waals surface area contributed by atoms with Crippen LogP contribution >= 0.6 is 11.3 Å². The van der Waals surface area contributed by atoms with Crippen molar-refractivity contribution < 1.29 is 4.42 Å². The molecule has 0 aliphatic carbocycles. The molecule has 0 unspecified atom stereocenters. The first-order valence-corrected chi connectivity index (χ1v) is 16.1. The molecule has 0 fully saturated rings. The Balaban J connectivity index is 1.34. The van der Waals surface area contributed by atoms with E-state index in [9.17, 15) is 0 Å². The van der Waals surface area contributed by atoms with Crippen LogP contribution in [-0.2, 0) is 0 Å². The van der Waals surface area contributed by atoms with Crippen LogP contribution in [0.1, 0.15) is 0 Å². The summed E-state index contributed by atoms with van der Waals surface area (Å²) in [5, 5.41) is 7.23. The molecular weight excluding hydrogens is 567 g/mol. The van der Waals surface area contributed by atoms with Crippen LogP contribution in [0.2, 0.25) is 0 Å². The molecule has 3 heterocycles. The third-order valence-corrected chi connectivity index (χ3v) is 10.4. The van der Waals surface area contributed by atoms with Gasteiger partial charge in [-0.3, -0.25) is 0 Å². The number of aromatic nitrogens is 1. The molecule has 0 atom stereocenters. The van der Waals surface area contributed by atoms with Crippen molar-refractivity contribution in [2.75, 3.05) is 0 Å². The summed E-state index contributed by atoms with van der Waals surface area (Å²) in [6.45, 7) is 0. The molecule has 0 saturated heterocycles. The zero-order chi connectivity index (χ0) is 29.5. The van der Waals surface area contributed by atoms with Crippen LogP contribution in [0.15, 0.2) is 156 Å². The van der Waals surface area contributed by atoms with Crippen LogP contribution < -0.4 is 0 Å². The zero-order valence-electron chi connectivity index (χ0n) is 24.2. The molecule has 7 aromatic carbocycles. The molecule has 0 saturated carbocycles. The third-order valence-electron chi connectivity index (χ3n) is 9.20. The second-order valence-electron chi connectivity index (χ2n) is 11.7. The van der Waals surface area contributed by atoms with Gasteiger partial charge < -0.3 is 8.98 Å².